The lowest BCUT2D eigenvalue weighted by Crippen LogP contribution is -2.31. The number of aryl methyl sites for hydroxylation is 1. The molecule has 122 valence electrons. The van der Waals surface area contributed by atoms with Crippen molar-refractivity contribution in [2.45, 2.75) is 26.3 Å². The molecule has 0 bridgehead atoms. The molecule has 0 radical (unpaired) electrons. The Hall–Kier alpha value is -1.90. The molecule has 2 heterocycles. The van der Waals surface area contributed by atoms with Crippen molar-refractivity contribution in [1.82, 2.24) is 15.1 Å². The number of carboxylic acid groups (broad SMARTS) is 1. The molecule has 22 heavy (non-hydrogen) atoms. The number of carbonyl (C=O) groups is 2. The van der Waals surface area contributed by atoms with Crippen molar-refractivity contribution in [2.75, 3.05) is 18.1 Å². The third kappa shape index (κ3) is 4.30. The molecule has 1 aliphatic rings. The van der Waals surface area contributed by atoms with Crippen molar-refractivity contribution in [1.29, 1.82) is 0 Å². The minimum absolute atomic E-state index is 0.0328. The van der Waals surface area contributed by atoms with Crippen molar-refractivity contribution in [2.24, 2.45) is 5.92 Å². The minimum Gasteiger partial charge on any atom is -0.477 e. The number of aromatic nitrogens is 2. The number of sulfone groups is 1. The summed E-state index contributed by atoms with van der Waals surface area (Å²) >= 11 is 0. The Morgan fingerprint density at radius 2 is 2.23 bits per heavy atom. The highest BCUT2D eigenvalue weighted by atomic mass is 32.2. The Morgan fingerprint density at radius 3 is 2.82 bits per heavy atom. The molecule has 0 aliphatic carbocycles. The average molecular weight is 329 g/mol. The average Bonchev–Trinajstić information content (AvgIpc) is 2.92. The highest BCUT2D eigenvalue weighted by Crippen LogP contribution is 2.20. The molecular formula is C13H19N3O5S. The molecule has 1 atom stereocenters. The zero-order valence-corrected chi connectivity index (χ0v) is 13.1. The molecule has 9 heteroatoms. The number of carbonyl (C=O) groups excluding carboxylic acids is 1. The lowest BCUT2D eigenvalue weighted by Gasteiger charge is -2.09. The van der Waals surface area contributed by atoms with Gasteiger partial charge in [0.1, 0.15) is 12.2 Å². The first kappa shape index (κ1) is 16.5. The predicted octanol–water partition coefficient (Wildman–Crippen LogP) is -0.169. The highest BCUT2D eigenvalue weighted by Gasteiger charge is 2.27. The molecule has 1 amide bonds. The fourth-order valence-electron chi connectivity index (χ4n) is 2.55. The maximum atomic E-state index is 11.8. The third-order valence-electron chi connectivity index (χ3n) is 3.62. The van der Waals surface area contributed by atoms with Crippen LogP contribution in [0.5, 0.6) is 0 Å². The first-order valence-electron chi connectivity index (χ1n) is 7.02. The van der Waals surface area contributed by atoms with Gasteiger partial charge in [-0.3, -0.25) is 4.79 Å². The van der Waals surface area contributed by atoms with E-state index in [-0.39, 0.29) is 35.6 Å². The van der Waals surface area contributed by atoms with Gasteiger partial charge < -0.3 is 10.4 Å². The number of carboxylic acids is 1. The fraction of sp³-hybridized carbons (Fsp3) is 0.615. The molecule has 1 aromatic heterocycles. The van der Waals surface area contributed by atoms with Crippen LogP contribution in [0, 0.1) is 12.8 Å². The van der Waals surface area contributed by atoms with Gasteiger partial charge >= 0.3 is 5.97 Å². The molecule has 2 rings (SSSR count). The van der Waals surface area contributed by atoms with E-state index in [0.717, 1.165) is 4.68 Å². The molecule has 8 nitrogen and oxygen atoms in total. The van der Waals surface area contributed by atoms with Crippen LogP contribution in [0.2, 0.25) is 0 Å². The van der Waals surface area contributed by atoms with Gasteiger partial charge in [-0.15, -0.1) is 0 Å². The van der Waals surface area contributed by atoms with E-state index in [2.05, 4.69) is 10.4 Å². The topological polar surface area (TPSA) is 118 Å². The number of nitrogens with one attached hydrogen (secondary N) is 1. The van der Waals surface area contributed by atoms with Gasteiger partial charge in [0.05, 0.1) is 17.2 Å². The van der Waals surface area contributed by atoms with Crippen LogP contribution in [0.1, 0.15) is 29.0 Å². The number of amides is 1. The summed E-state index contributed by atoms with van der Waals surface area (Å²) in [4.78, 5) is 22.8. The van der Waals surface area contributed by atoms with Gasteiger partial charge in [-0.1, -0.05) is 0 Å². The largest absolute Gasteiger partial charge is 0.477 e. The number of nitrogens with zero attached hydrogens (tertiary/aromatic N) is 2. The molecule has 1 unspecified atom stereocenters. The Labute approximate surface area is 128 Å². The summed E-state index contributed by atoms with van der Waals surface area (Å²) < 4.78 is 23.8. The maximum absolute atomic E-state index is 11.8. The number of hydrogen-bond acceptors (Lipinski definition) is 5. The summed E-state index contributed by atoms with van der Waals surface area (Å²) in [7, 11) is -2.90. The Morgan fingerprint density at radius 1 is 1.50 bits per heavy atom. The number of hydrogen-bond donors (Lipinski definition) is 2. The Bertz CT molecular complexity index is 680. The maximum Gasteiger partial charge on any atom is 0.354 e. The van der Waals surface area contributed by atoms with Crippen molar-refractivity contribution in [3.63, 3.8) is 0 Å². The first-order valence-corrected chi connectivity index (χ1v) is 8.84. The molecular weight excluding hydrogens is 310 g/mol. The zero-order valence-electron chi connectivity index (χ0n) is 12.3. The van der Waals surface area contributed by atoms with Crippen LogP contribution in [0.3, 0.4) is 0 Å². The summed E-state index contributed by atoms with van der Waals surface area (Å²) in [5.74, 6) is -0.979. The van der Waals surface area contributed by atoms with Gasteiger partial charge in [-0.05, 0) is 31.7 Å². The minimum atomic E-state index is -2.90. The van der Waals surface area contributed by atoms with E-state index < -0.39 is 15.8 Å². The standard InChI is InChI=1S/C13H19N3O5S/c1-9-6-11(13(18)19)16(15-9)7-12(17)14-4-2-10-3-5-22(20,21)8-10/h6,10H,2-5,7-8H2,1H3,(H,14,17)(H,18,19). The Kier molecular flexibility index (Phi) is 4.84. The van der Waals surface area contributed by atoms with Gasteiger partial charge in [0, 0.05) is 6.54 Å². The van der Waals surface area contributed by atoms with Crippen LogP contribution in [0.25, 0.3) is 0 Å². The van der Waals surface area contributed by atoms with Crippen LogP contribution in [-0.2, 0) is 21.2 Å². The van der Waals surface area contributed by atoms with Gasteiger partial charge in [-0.2, -0.15) is 5.10 Å². The van der Waals surface area contributed by atoms with Crippen molar-refractivity contribution < 1.29 is 23.1 Å². The molecule has 0 saturated carbocycles. The van der Waals surface area contributed by atoms with E-state index in [4.69, 9.17) is 5.11 Å². The van der Waals surface area contributed by atoms with Crippen LogP contribution in [-0.4, -0.2) is 53.2 Å². The molecule has 0 spiro atoms. The number of aromatic carboxylic acids is 1. The Balaban J connectivity index is 1.80. The van der Waals surface area contributed by atoms with E-state index in [1.165, 1.54) is 6.07 Å². The van der Waals surface area contributed by atoms with Crippen molar-refractivity contribution in [3.05, 3.63) is 17.5 Å². The SMILES string of the molecule is Cc1cc(C(=O)O)n(CC(=O)NCCC2CCS(=O)(=O)C2)n1. The smallest absolute Gasteiger partial charge is 0.354 e. The second-order valence-electron chi connectivity index (χ2n) is 5.54. The molecule has 1 aromatic rings. The monoisotopic (exact) mass is 329 g/mol. The second-order valence-corrected chi connectivity index (χ2v) is 7.77. The molecule has 1 saturated heterocycles. The van der Waals surface area contributed by atoms with Gasteiger partial charge in [-0.25, -0.2) is 17.9 Å². The van der Waals surface area contributed by atoms with Crippen LogP contribution < -0.4 is 5.32 Å². The zero-order chi connectivity index (χ0) is 16.3. The first-order chi connectivity index (χ1) is 10.3. The summed E-state index contributed by atoms with van der Waals surface area (Å²) in [5, 5.41) is 15.7. The lowest BCUT2D eigenvalue weighted by molar-refractivity contribution is -0.121. The van der Waals surface area contributed by atoms with E-state index in [9.17, 15) is 18.0 Å². The highest BCUT2D eigenvalue weighted by molar-refractivity contribution is 7.91. The predicted molar refractivity (Wildman–Crippen MR) is 78.3 cm³/mol. The van der Waals surface area contributed by atoms with Crippen LogP contribution >= 0.6 is 0 Å². The van der Waals surface area contributed by atoms with Gasteiger partial charge in [0.25, 0.3) is 0 Å². The van der Waals surface area contributed by atoms with E-state index in [0.29, 0.717) is 25.1 Å². The summed E-state index contributed by atoms with van der Waals surface area (Å²) in [6.45, 7) is 1.86. The van der Waals surface area contributed by atoms with E-state index in [1.807, 2.05) is 0 Å². The van der Waals surface area contributed by atoms with Crippen LogP contribution in [0.15, 0.2) is 6.07 Å². The molecule has 1 aliphatic heterocycles. The van der Waals surface area contributed by atoms with E-state index >= 15 is 0 Å². The lowest BCUT2D eigenvalue weighted by atomic mass is 10.1. The summed E-state index contributed by atoms with van der Waals surface area (Å²) in [6, 6.07) is 1.40. The third-order valence-corrected chi connectivity index (χ3v) is 5.45. The van der Waals surface area contributed by atoms with Gasteiger partial charge in [0.15, 0.2) is 9.84 Å². The quantitative estimate of drug-likeness (QED) is 0.748. The van der Waals surface area contributed by atoms with Crippen LogP contribution in [0.4, 0.5) is 0 Å². The number of rotatable bonds is 6. The van der Waals surface area contributed by atoms with Crippen molar-refractivity contribution in [3.8, 4) is 0 Å². The molecule has 2 N–H and O–H groups in total. The molecule has 1 fully saturated rings. The van der Waals surface area contributed by atoms with Crippen molar-refractivity contribution >= 4 is 21.7 Å². The second kappa shape index (κ2) is 6.47. The normalized spacial score (nSPS) is 20.0. The summed E-state index contributed by atoms with van der Waals surface area (Å²) in [5.41, 5.74) is 0.496. The van der Waals surface area contributed by atoms with Gasteiger partial charge in [0.2, 0.25) is 5.91 Å². The summed E-state index contributed by atoms with van der Waals surface area (Å²) in [6.07, 6.45) is 1.24. The van der Waals surface area contributed by atoms with E-state index in [1.54, 1.807) is 6.92 Å². The fourth-order valence-corrected chi connectivity index (χ4v) is 4.46. The molecule has 0 aromatic carbocycles.